The number of halogens is 6. The first kappa shape index (κ1) is 15.2. The Hall–Kier alpha value is -2.19. The van der Waals surface area contributed by atoms with Gasteiger partial charge in [-0.05, 0) is 23.8 Å². The molecular weight excluding hydrogens is 302 g/mol. The highest BCUT2D eigenvalue weighted by molar-refractivity contribution is 5.27. The fourth-order valence-electron chi connectivity index (χ4n) is 1.58. The number of benzene rings is 1. The van der Waals surface area contributed by atoms with E-state index in [0.717, 1.165) is 29.1 Å². The van der Waals surface area contributed by atoms with Crippen LogP contribution in [0.1, 0.15) is 11.3 Å². The van der Waals surface area contributed by atoms with Crippen molar-refractivity contribution in [2.45, 2.75) is 19.1 Å². The summed E-state index contributed by atoms with van der Waals surface area (Å²) in [6.07, 6.45) is -8.18. The minimum Gasteiger partial charge on any atom is -0.406 e. The van der Waals surface area contributed by atoms with Crippen LogP contribution in [0.25, 0.3) is 0 Å². The summed E-state index contributed by atoms with van der Waals surface area (Å²) in [6, 6.07) is 5.61. The van der Waals surface area contributed by atoms with Gasteiger partial charge in [0.25, 0.3) is 0 Å². The number of alkyl halides is 6. The third-order valence-corrected chi connectivity index (χ3v) is 2.43. The van der Waals surface area contributed by atoms with Crippen LogP contribution in [0.3, 0.4) is 0 Å². The number of hydrogen-bond acceptors (Lipinski definition) is 2. The predicted octanol–water partition coefficient (Wildman–Crippen LogP) is 3.85. The Labute approximate surface area is 114 Å². The Bertz CT molecular complexity index is 599. The van der Waals surface area contributed by atoms with Gasteiger partial charge in [-0.25, -0.2) is 0 Å². The Morgan fingerprint density at radius 3 is 2.05 bits per heavy atom. The van der Waals surface area contributed by atoms with E-state index in [0.29, 0.717) is 5.56 Å². The second-order valence-corrected chi connectivity index (χ2v) is 4.09. The summed E-state index contributed by atoms with van der Waals surface area (Å²) in [5.41, 5.74) is -0.541. The van der Waals surface area contributed by atoms with E-state index in [1.165, 1.54) is 12.1 Å². The molecule has 1 aromatic heterocycles. The molecule has 0 saturated carbocycles. The van der Waals surface area contributed by atoms with Crippen LogP contribution in [-0.2, 0) is 12.7 Å². The Morgan fingerprint density at radius 1 is 0.952 bits per heavy atom. The smallest absolute Gasteiger partial charge is 0.406 e. The molecule has 0 aliphatic rings. The van der Waals surface area contributed by atoms with Crippen LogP contribution in [0.4, 0.5) is 26.3 Å². The first-order valence-corrected chi connectivity index (χ1v) is 5.59. The lowest BCUT2D eigenvalue weighted by Gasteiger charge is -2.09. The number of aromatic nitrogens is 2. The molecule has 0 bridgehead atoms. The van der Waals surface area contributed by atoms with E-state index in [-0.39, 0.29) is 6.54 Å². The van der Waals surface area contributed by atoms with Crippen LogP contribution in [-0.4, -0.2) is 16.1 Å². The van der Waals surface area contributed by atoms with Gasteiger partial charge in [0.1, 0.15) is 5.75 Å². The van der Waals surface area contributed by atoms with Crippen molar-refractivity contribution in [3.05, 3.63) is 47.8 Å². The van der Waals surface area contributed by atoms with Crippen molar-refractivity contribution in [3.63, 3.8) is 0 Å². The summed E-state index contributed by atoms with van der Waals surface area (Å²) < 4.78 is 77.7. The molecule has 0 atom stereocenters. The summed E-state index contributed by atoms with van der Waals surface area (Å²) in [6.45, 7) is 0.00236. The van der Waals surface area contributed by atoms with Crippen LogP contribution in [0.5, 0.6) is 5.75 Å². The zero-order chi connectivity index (χ0) is 15.7. The van der Waals surface area contributed by atoms with Gasteiger partial charge in [-0.1, -0.05) is 12.1 Å². The van der Waals surface area contributed by atoms with Crippen molar-refractivity contribution in [2.75, 3.05) is 0 Å². The molecule has 2 aromatic rings. The molecule has 0 radical (unpaired) electrons. The molecule has 9 heteroatoms. The molecule has 3 nitrogen and oxygen atoms in total. The van der Waals surface area contributed by atoms with Gasteiger partial charge in [-0.15, -0.1) is 13.2 Å². The van der Waals surface area contributed by atoms with E-state index < -0.39 is 24.0 Å². The highest BCUT2D eigenvalue weighted by atomic mass is 19.4. The molecule has 21 heavy (non-hydrogen) atoms. The van der Waals surface area contributed by atoms with Gasteiger partial charge in [0, 0.05) is 6.20 Å². The van der Waals surface area contributed by atoms with Gasteiger partial charge in [0.2, 0.25) is 0 Å². The second-order valence-electron chi connectivity index (χ2n) is 4.09. The topological polar surface area (TPSA) is 27.1 Å². The molecule has 2 rings (SSSR count). The van der Waals surface area contributed by atoms with Crippen molar-refractivity contribution in [2.24, 2.45) is 0 Å². The van der Waals surface area contributed by atoms with E-state index in [4.69, 9.17) is 0 Å². The normalized spacial score (nSPS) is 12.5. The highest BCUT2D eigenvalue weighted by Gasteiger charge is 2.33. The Balaban J connectivity index is 2.05. The third-order valence-electron chi connectivity index (χ3n) is 2.43. The highest BCUT2D eigenvalue weighted by Crippen LogP contribution is 2.27. The summed E-state index contributed by atoms with van der Waals surface area (Å²) >= 11 is 0. The number of rotatable bonds is 3. The van der Waals surface area contributed by atoms with Crippen LogP contribution >= 0.6 is 0 Å². The SMILES string of the molecule is FC(F)(F)Oc1ccc(Cn2ccc(C(F)(F)F)n2)cc1. The van der Waals surface area contributed by atoms with Gasteiger partial charge in [-0.2, -0.15) is 18.3 Å². The Kier molecular flexibility index (Phi) is 3.84. The summed E-state index contributed by atoms with van der Waals surface area (Å²) in [5, 5.41) is 3.34. The van der Waals surface area contributed by atoms with Crippen LogP contribution in [0, 0.1) is 0 Å². The van der Waals surface area contributed by atoms with E-state index in [1.54, 1.807) is 0 Å². The lowest BCUT2D eigenvalue weighted by atomic mass is 10.2. The average molecular weight is 310 g/mol. The molecule has 1 heterocycles. The van der Waals surface area contributed by atoms with Gasteiger partial charge < -0.3 is 4.74 Å². The van der Waals surface area contributed by atoms with E-state index in [9.17, 15) is 26.3 Å². The Morgan fingerprint density at radius 2 is 1.57 bits per heavy atom. The monoisotopic (exact) mass is 310 g/mol. The second kappa shape index (κ2) is 5.30. The molecule has 114 valence electrons. The molecule has 0 aliphatic carbocycles. The van der Waals surface area contributed by atoms with E-state index >= 15 is 0 Å². The zero-order valence-electron chi connectivity index (χ0n) is 10.2. The quantitative estimate of drug-likeness (QED) is 0.805. The summed E-state index contributed by atoms with van der Waals surface area (Å²) in [7, 11) is 0. The van der Waals surface area contributed by atoms with Gasteiger partial charge in [0.15, 0.2) is 5.69 Å². The maximum atomic E-state index is 12.4. The van der Waals surface area contributed by atoms with Crippen LogP contribution < -0.4 is 4.74 Å². The molecule has 0 amide bonds. The summed E-state index contributed by atoms with van der Waals surface area (Å²) in [4.78, 5) is 0. The number of ether oxygens (including phenoxy) is 1. The largest absolute Gasteiger partial charge is 0.573 e. The predicted molar refractivity (Wildman–Crippen MR) is 59.5 cm³/mol. The third kappa shape index (κ3) is 4.40. The molecule has 0 saturated heterocycles. The number of hydrogen-bond donors (Lipinski definition) is 0. The molecule has 0 fully saturated rings. The van der Waals surface area contributed by atoms with Gasteiger partial charge in [-0.3, -0.25) is 4.68 Å². The molecule has 1 aromatic carbocycles. The fourth-order valence-corrected chi connectivity index (χ4v) is 1.58. The lowest BCUT2D eigenvalue weighted by molar-refractivity contribution is -0.274. The average Bonchev–Trinajstić information content (AvgIpc) is 2.78. The molecule has 0 unspecified atom stereocenters. The van der Waals surface area contributed by atoms with Crippen molar-refractivity contribution >= 4 is 0 Å². The molecule has 0 N–H and O–H groups in total. The summed E-state index contributed by atoms with van der Waals surface area (Å²) in [5.74, 6) is -0.400. The van der Waals surface area contributed by atoms with E-state index in [1.807, 2.05) is 0 Å². The van der Waals surface area contributed by atoms with Crippen LogP contribution in [0.15, 0.2) is 36.5 Å². The van der Waals surface area contributed by atoms with E-state index in [2.05, 4.69) is 9.84 Å². The van der Waals surface area contributed by atoms with Crippen LogP contribution in [0.2, 0.25) is 0 Å². The fraction of sp³-hybridized carbons (Fsp3) is 0.250. The van der Waals surface area contributed by atoms with Gasteiger partial charge >= 0.3 is 12.5 Å². The minimum atomic E-state index is -4.79. The number of nitrogens with zero attached hydrogens (tertiary/aromatic N) is 2. The maximum absolute atomic E-state index is 12.4. The van der Waals surface area contributed by atoms with Crippen molar-refractivity contribution in [1.29, 1.82) is 0 Å². The van der Waals surface area contributed by atoms with Crippen molar-refractivity contribution in [3.8, 4) is 5.75 Å². The first-order valence-electron chi connectivity index (χ1n) is 5.59. The van der Waals surface area contributed by atoms with Crippen molar-refractivity contribution < 1.29 is 31.1 Å². The van der Waals surface area contributed by atoms with Gasteiger partial charge in [0.05, 0.1) is 6.54 Å². The standard InChI is InChI=1S/C12H8F6N2O/c13-11(14,15)10-5-6-20(19-10)7-8-1-3-9(4-2-8)21-12(16,17)18/h1-6H,7H2. The van der Waals surface area contributed by atoms with Crippen molar-refractivity contribution in [1.82, 2.24) is 9.78 Å². The molecule has 0 aliphatic heterocycles. The lowest BCUT2D eigenvalue weighted by Crippen LogP contribution is -2.17. The zero-order valence-corrected chi connectivity index (χ0v) is 10.2. The molecule has 0 spiro atoms. The maximum Gasteiger partial charge on any atom is 0.573 e. The first-order chi connectivity index (χ1) is 9.63. The minimum absolute atomic E-state index is 0.00236. The molecular formula is C12H8F6N2O.